The van der Waals surface area contributed by atoms with Crippen LogP contribution in [0.3, 0.4) is 0 Å². The third kappa shape index (κ3) is 5.53. The number of nitrogens with one attached hydrogen (secondary N) is 2. The lowest BCUT2D eigenvalue weighted by molar-refractivity contribution is -0.142. The van der Waals surface area contributed by atoms with Crippen LogP contribution in [0.2, 0.25) is 0 Å². The van der Waals surface area contributed by atoms with Gasteiger partial charge in [0.05, 0.1) is 6.54 Å². The molecule has 7 nitrogen and oxygen atoms in total. The smallest absolute Gasteiger partial charge is 0.320 e. The van der Waals surface area contributed by atoms with Gasteiger partial charge < -0.3 is 15.7 Å². The number of aliphatic carboxylic acids is 1. The molecular formula is C15H21N3O4. The Kier molecular flexibility index (Phi) is 6.52. The summed E-state index contributed by atoms with van der Waals surface area (Å²) in [5.74, 6) is -1.42. The highest BCUT2D eigenvalue weighted by molar-refractivity contribution is 5.93. The van der Waals surface area contributed by atoms with Crippen molar-refractivity contribution >= 4 is 29.2 Å². The standard InChI is InChI=1S/C15H21N3O4/c1-4-18(10(2)15(21)22)9-14(20)17-13-7-5-12(6-8-13)16-11(3)19/h5-8,10H,4,9H2,1-3H3,(H,16,19)(H,17,20)(H,21,22). The van der Waals surface area contributed by atoms with E-state index in [0.717, 1.165) is 0 Å². The van der Waals surface area contributed by atoms with Crippen LogP contribution in [0.1, 0.15) is 20.8 Å². The van der Waals surface area contributed by atoms with E-state index in [1.807, 2.05) is 0 Å². The molecule has 1 unspecified atom stereocenters. The van der Waals surface area contributed by atoms with Crippen LogP contribution >= 0.6 is 0 Å². The molecule has 1 aromatic carbocycles. The molecular weight excluding hydrogens is 286 g/mol. The van der Waals surface area contributed by atoms with Crippen molar-refractivity contribution in [2.24, 2.45) is 0 Å². The fourth-order valence-electron chi connectivity index (χ4n) is 1.90. The lowest BCUT2D eigenvalue weighted by Crippen LogP contribution is -2.43. The molecule has 0 aliphatic heterocycles. The Morgan fingerprint density at radius 2 is 1.64 bits per heavy atom. The van der Waals surface area contributed by atoms with E-state index in [4.69, 9.17) is 5.11 Å². The number of hydrogen-bond donors (Lipinski definition) is 3. The van der Waals surface area contributed by atoms with Crippen LogP contribution in [0.5, 0.6) is 0 Å². The highest BCUT2D eigenvalue weighted by Crippen LogP contribution is 2.13. The molecule has 0 heterocycles. The summed E-state index contributed by atoms with van der Waals surface area (Å²) in [4.78, 5) is 35.4. The number of hydrogen-bond acceptors (Lipinski definition) is 4. The number of amides is 2. The number of nitrogens with zero attached hydrogens (tertiary/aromatic N) is 1. The van der Waals surface area contributed by atoms with Gasteiger partial charge in [0.1, 0.15) is 6.04 Å². The molecule has 0 spiro atoms. The quantitative estimate of drug-likeness (QED) is 0.707. The van der Waals surface area contributed by atoms with Gasteiger partial charge in [-0.1, -0.05) is 6.92 Å². The van der Waals surface area contributed by atoms with Gasteiger partial charge in [-0.3, -0.25) is 19.3 Å². The molecule has 7 heteroatoms. The molecule has 0 radical (unpaired) electrons. The summed E-state index contributed by atoms with van der Waals surface area (Å²) >= 11 is 0. The second kappa shape index (κ2) is 8.14. The minimum Gasteiger partial charge on any atom is -0.480 e. The lowest BCUT2D eigenvalue weighted by atomic mass is 10.2. The van der Waals surface area contributed by atoms with Gasteiger partial charge in [0, 0.05) is 18.3 Å². The Morgan fingerprint density at radius 1 is 1.14 bits per heavy atom. The van der Waals surface area contributed by atoms with Crippen molar-refractivity contribution in [1.82, 2.24) is 4.90 Å². The predicted octanol–water partition coefficient (Wildman–Crippen LogP) is 1.38. The second-order valence-electron chi connectivity index (χ2n) is 4.88. The minimum absolute atomic E-state index is 0.00257. The van der Waals surface area contributed by atoms with Crippen molar-refractivity contribution < 1.29 is 19.5 Å². The average molecular weight is 307 g/mol. The fourth-order valence-corrected chi connectivity index (χ4v) is 1.90. The van der Waals surface area contributed by atoms with E-state index in [0.29, 0.717) is 17.9 Å². The van der Waals surface area contributed by atoms with Gasteiger partial charge in [-0.25, -0.2) is 0 Å². The van der Waals surface area contributed by atoms with Gasteiger partial charge in [-0.05, 0) is 37.7 Å². The zero-order valence-corrected chi connectivity index (χ0v) is 12.9. The second-order valence-corrected chi connectivity index (χ2v) is 4.88. The van der Waals surface area contributed by atoms with Gasteiger partial charge in [0.25, 0.3) is 0 Å². The normalized spacial score (nSPS) is 11.8. The van der Waals surface area contributed by atoms with Gasteiger partial charge >= 0.3 is 5.97 Å². The largest absolute Gasteiger partial charge is 0.480 e. The highest BCUT2D eigenvalue weighted by Gasteiger charge is 2.21. The Labute approximate surface area is 129 Å². The molecule has 22 heavy (non-hydrogen) atoms. The first-order valence-electron chi connectivity index (χ1n) is 6.97. The molecule has 1 atom stereocenters. The molecule has 0 bridgehead atoms. The SMILES string of the molecule is CCN(CC(=O)Nc1ccc(NC(C)=O)cc1)C(C)C(=O)O. The van der Waals surface area contributed by atoms with Crippen LogP contribution in [0.25, 0.3) is 0 Å². The molecule has 2 amide bonds. The Bertz CT molecular complexity index is 542. The van der Waals surface area contributed by atoms with Crippen LogP contribution in [0, 0.1) is 0 Å². The molecule has 0 saturated heterocycles. The molecule has 1 aromatic rings. The summed E-state index contributed by atoms with van der Waals surface area (Å²) in [5, 5.41) is 14.3. The summed E-state index contributed by atoms with van der Waals surface area (Å²) in [6.45, 7) is 5.22. The van der Waals surface area contributed by atoms with Crippen molar-refractivity contribution in [3.05, 3.63) is 24.3 Å². The summed E-state index contributed by atoms with van der Waals surface area (Å²) in [6, 6.07) is 5.96. The maximum atomic E-state index is 12.0. The van der Waals surface area contributed by atoms with Gasteiger partial charge in [-0.2, -0.15) is 0 Å². The summed E-state index contributed by atoms with van der Waals surface area (Å²) < 4.78 is 0. The van der Waals surface area contributed by atoms with Crippen molar-refractivity contribution in [3.63, 3.8) is 0 Å². The van der Waals surface area contributed by atoms with Crippen molar-refractivity contribution in [1.29, 1.82) is 0 Å². The number of carbonyl (C=O) groups is 3. The number of likely N-dealkylation sites (N-methyl/N-ethyl adjacent to an activating group) is 1. The third-order valence-corrected chi connectivity index (χ3v) is 3.15. The number of carboxylic acid groups (broad SMARTS) is 1. The van der Waals surface area contributed by atoms with Gasteiger partial charge in [0.2, 0.25) is 11.8 Å². The van der Waals surface area contributed by atoms with Crippen molar-refractivity contribution in [3.8, 4) is 0 Å². The van der Waals surface area contributed by atoms with Gasteiger partial charge in [-0.15, -0.1) is 0 Å². The number of anilines is 2. The zero-order chi connectivity index (χ0) is 16.7. The number of rotatable bonds is 7. The molecule has 1 rings (SSSR count). The van der Waals surface area contributed by atoms with Crippen LogP contribution in [-0.2, 0) is 14.4 Å². The average Bonchev–Trinajstić information content (AvgIpc) is 2.45. The topological polar surface area (TPSA) is 98.7 Å². The van der Waals surface area contributed by atoms with Crippen LogP contribution < -0.4 is 10.6 Å². The highest BCUT2D eigenvalue weighted by atomic mass is 16.4. The lowest BCUT2D eigenvalue weighted by Gasteiger charge is -2.23. The van der Waals surface area contributed by atoms with Crippen molar-refractivity contribution in [2.75, 3.05) is 23.7 Å². The maximum absolute atomic E-state index is 12.0. The number of carbonyl (C=O) groups excluding carboxylic acids is 2. The van der Waals surface area contributed by atoms with Crippen LogP contribution in [-0.4, -0.2) is 46.9 Å². The molecule has 0 aliphatic rings. The Hall–Kier alpha value is -2.41. The van der Waals surface area contributed by atoms with Crippen molar-refractivity contribution in [2.45, 2.75) is 26.8 Å². The third-order valence-electron chi connectivity index (χ3n) is 3.15. The number of benzene rings is 1. The van der Waals surface area contributed by atoms with Gasteiger partial charge in [0.15, 0.2) is 0 Å². The molecule has 0 saturated carbocycles. The Balaban J connectivity index is 2.60. The summed E-state index contributed by atoms with van der Waals surface area (Å²) in [7, 11) is 0. The first-order chi connectivity index (χ1) is 10.3. The van der Waals surface area contributed by atoms with E-state index in [-0.39, 0.29) is 18.4 Å². The van der Waals surface area contributed by atoms with E-state index in [2.05, 4.69) is 10.6 Å². The van der Waals surface area contributed by atoms with E-state index in [9.17, 15) is 14.4 Å². The van der Waals surface area contributed by atoms with Crippen LogP contribution in [0.4, 0.5) is 11.4 Å². The molecule has 120 valence electrons. The molecule has 3 N–H and O–H groups in total. The summed E-state index contributed by atoms with van der Waals surface area (Å²) in [6.07, 6.45) is 0. The van der Waals surface area contributed by atoms with Crippen LogP contribution in [0.15, 0.2) is 24.3 Å². The van der Waals surface area contributed by atoms with E-state index < -0.39 is 12.0 Å². The molecule has 0 aromatic heterocycles. The fraction of sp³-hybridized carbons (Fsp3) is 0.400. The van der Waals surface area contributed by atoms with E-state index in [1.54, 1.807) is 43.0 Å². The zero-order valence-electron chi connectivity index (χ0n) is 12.9. The monoisotopic (exact) mass is 307 g/mol. The first kappa shape index (κ1) is 17.6. The first-order valence-corrected chi connectivity index (χ1v) is 6.97. The minimum atomic E-state index is -0.964. The number of carboxylic acids is 1. The summed E-state index contributed by atoms with van der Waals surface area (Å²) in [5.41, 5.74) is 1.22. The van der Waals surface area contributed by atoms with E-state index >= 15 is 0 Å². The molecule has 0 fully saturated rings. The predicted molar refractivity (Wildman–Crippen MR) is 83.7 cm³/mol. The molecule has 0 aliphatic carbocycles. The maximum Gasteiger partial charge on any atom is 0.320 e. The van der Waals surface area contributed by atoms with E-state index in [1.165, 1.54) is 6.92 Å². The Morgan fingerprint density at radius 3 is 2.05 bits per heavy atom.